The van der Waals surface area contributed by atoms with Gasteiger partial charge in [-0.05, 0) is 40.3 Å². The molecule has 0 aliphatic rings. The Bertz CT molecular complexity index is 477. The maximum atomic E-state index is 5.17. The molecule has 0 spiro atoms. The molecule has 1 aromatic carbocycles. The Kier molecular flexibility index (Phi) is 2.28. The second-order valence-electron chi connectivity index (χ2n) is 2.40. The summed E-state index contributed by atoms with van der Waals surface area (Å²) < 4.78 is 6.10. The van der Waals surface area contributed by atoms with Gasteiger partial charge in [0.15, 0.2) is 0 Å². The van der Waals surface area contributed by atoms with Gasteiger partial charge in [0.1, 0.15) is 0 Å². The van der Waals surface area contributed by atoms with Crippen LogP contribution in [-0.4, -0.2) is 10.2 Å². The van der Waals surface area contributed by atoms with Crippen LogP contribution in [0, 0.1) is 4.84 Å². The molecule has 0 atom stereocenters. The molecule has 0 unspecified atom stereocenters. The molecule has 0 saturated carbocycles. The van der Waals surface area contributed by atoms with Crippen LogP contribution < -0.4 is 0 Å². The molecule has 0 bridgehead atoms. The van der Waals surface area contributed by atoms with E-state index in [1.165, 1.54) is 0 Å². The third-order valence-electron chi connectivity index (χ3n) is 1.54. The molecular weight excluding hydrogens is 252 g/mol. The van der Waals surface area contributed by atoms with E-state index in [0.29, 0.717) is 5.89 Å². The molecule has 0 fully saturated rings. The van der Waals surface area contributed by atoms with E-state index in [-0.39, 0.29) is 4.84 Å². The Hall–Kier alpha value is -0.940. The van der Waals surface area contributed by atoms with E-state index >= 15 is 0 Å². The predicted molar refractivity (Wildman–Crippen MR) is 54.8 cm³/mol. The second-order valence-corrected chi connectivity index (χ2v) is 3.62. The molecule has 13 heavy (non-hydrogen) atoms. The molecule has 5 heteroatoms. The standard InChI is InChI=1S/C8H5BrN2OS/c9-6-4-2-1-3-5(6)7-10-11-8(13)12-7/h1-4H,(H,11,13). The summed E-state index contributed by atoms with van der Waals surface area (Å²) in [5.41, 5.74) is 0.884. The van der Waals surface area contributed by atoms with Crippen LogP contribution in [0.15, 0.2) is 33.2 Å². The number of nitrogens with one attached hydrogen (secondary N) is 1. The molecule has 3 nitrogen and oxygen atoms in total. The normalized spacial score (nSPS) is 10.2. The highest BCUT2D eigenvalue weighted by atomic mass is 79.9. The lowest BCUT2D eigenvalue weighted by atomic mass is 10.2. The van der Waals surface area contributed by atoms with E-state index in [9.17, 15) is 0 Å². The van der Waals surface area contributed by atoms with Crippen molar-refractivity contribution < 1.29 is 4.42 Å². The first-order chi connectivity index (χ1) is 6.27. The summed E-state index contributed by atoms with van der Waals surface area (Å²) in [6, 6.07) is 7.66. The molecule has 0 radical (unpaired) electrons. The average Bonchev–Trinajstić information content (AvgIpc) is 2.53. The molecule has 2 aromatic rings. The maximum Gasteiger partial charge on any atom is 0.284 e. The number of hydrogen-bond acceptors (Lipinski definition) is 3. The van der Waals surface area contributed by atoms with Gasteiger partial charge in [-0.2, -0.15) is 0 Å². The van der Waals surface area contributed by atoms with E-state index in [1.54, 1.807) is 0 Å². The quantitative estimate of drug-likeness (QED) is 0.798. The molecule has 0 amide bonds. The topological polar surface area (TPSA) is 41.8 Å². The fourth-order valence-corrected chi connectivity index (χ4v) is 1.56. The molecule has 1 aromatic heterocycles. The van der Waals surface area contributed by atoms with Crippen molar-refractivity contribution in [1.82, 2.24) is 10.2 Å². The highest BCUT2D eigenvalue weighted by molar-refractivity contribution is 9.10. The maximum absolute atomic E-state index is 5.17. The number of benzene rings is 1. The fraction of sp³-hybridized carbons (Fsp3) is 0. The summed E-state index contributed by atoms with van der Waals surface area (Å²) in [4.78, 5) is 0.283. The number of nitrogens with zero attached hydrogens (tertiary/aromatic N) is 1. The van der Waals surface area contributed by atoms with Gasteiger partial charge < -0.3 is 4.42 Å². The van der Waals surface area contributed by atoms with Crippen molar-refractivity contribution in [3.63, 3.8) is 0 Å². The first-order valence-corrected chi connectivity index (χ1v) is 4.78. The van der Waals surface area contributed by atoms with Crippen molar-refractivity contribution in [2.45, 2.75) is 0 Å². The molecule has 0 aliphatic carbocycles. The zero-order valence-electron chi connectivity index (χ0n) is 6.45. The number of halogens is 1. The van der Waals surface area contributed by atoms with E-state index in [0.717, 1.165) is 10.0 Å². The highest BCUT2D eigenvalue weighted by Gasteiger charge is 2.06. The van der Waals surface area contributed by atoms with Crippen molar-refractivity contribution in [2.24, 2.45) is 0 Å². The second kappa shape index (κ2) is 3.43. The predicted octanol–water partition coefficient (Wildman–Crippen LogP) is 3.16. The molecule has 66 valence electrons. The first-order valence-electron chi connectivity index (χ1n) is 3.58. The van der Waals surface area contributed by atoms with E-state index in [1.807, 2.05) is 24.3 Å². The minimum atomic E-state index is 0.283. The van der Waals surface area contributed by atoms with E-state index in [2.05, 4.69) is 26.1 Å². The molecule has 1 N–H and O–H groups in total. The Balaban J connectivity index is 2.58. The third-order valence-corrected chi connectivity index (χ3v) is 2.41. The van der Waals surface area contributed by atoms with Crippen LogP contribution in [-0.2, 0) is 0 Å². The number of hydrogen-bond donors (Lipinski definition) is 1. The molecule has 0 saturated heterocycles. The van der Waals surface area contributed by atoms with Crippen LogP contribution >= 0.6 is 28.1 Å². The fourth-order valence-electron chi connectivity index (χ4n) is 0.980. The van der Waals surface area contributed by atoms with Gasteiger partial charge in [-0.3, -0.25) is 0 Å². The van der Waals surface area contributed by atoms with Crippen molar-refractivity contribution in [3.05, 3.63) is 33.6 Å². The lowest BCUT2D eigenvalue weighted by molar-refractivity contribution is 0.551. The Morgan fingerprint density at radius 1 is 1.38 bits per heavy atom. The van der Waals surface area contributed by atoms with Crippen molar-refractivity contribution in [1.29, 1.82) is 0 Å². The van der Waals surface area contributed by atoms with Crippen molar-refractivity contribution in [2.75, 3.05) is 0 Å². The van der Waals surface area contributed by atoms with Crippen LogP contribution in [0.5, 0.6) is 0 Å². The van der Waals surface area contributed by atoms with Gasteiger partial charge in [0.2, 0.25) is 5.89 Å². The van der Waals surface area contributed by atoms with Crippen molar-refractivity contribution >= 4 is 28.1 Å². The average molecular weight is 257 g/mol. The largest absolute Gasteiger partial charge is 0.409 e. The number of H-pyrrole nitrogens is 1. The number of rotatable bonds is 1. The van der Waals surface area contributed by atoms with Crippen LogP contribution in [0.1, 0.15) is 0 Å². The lowest BCUT2D eigenvalue weighted by Crippen LogP contribution is -1.78. The van der Waals surface area contributed by atoms with Crippen LogP contribution in [0.25, 0.3) is 11.5 Å². The Labute approximate surface area is 87.9 Å². The van der Waals surface area contributed by atoms with Gasteiger partial charge in [0.05, 0.1) is 5.56 Å². The lowest BCUT2D eigenvalue weighted by Gasteiger charge is -1.96. The highest BCUT2D eigenvalue weighted by Crippen LogP contribution is 2.25. The smallest absolute Gasteiger partial charge is 0.284 e. The number of aromatic amines is 1. The van der Waals surface area contributed by atoms with Crippen LogP contribution in [0.2, 0.25) is 0 Å². The van der Waals surface area contributed by atoms with Crippen LogP contribution in [0.4, 0.5) is 0 Å². The summed E-state index contributed by atoms with van der Waals surface area (Å²) in [7, 11) is 0. The summed E-state index contributed by atoms with van der Waals surface area (Å²) >= 11 is 8.17. The summed E-state index contributed by atoms with van der Waals surface area (Å²) in [6.45, 7) is 0. The Morgan fingerprint density at radius 2 is 2.15 bits per heavy atom. The zero-order chi connectivity index (χ0) is 9.26. The zero-order valence-corrected chi connectivity index (χ0v) is 8.85. The third kappa shape index (κ3) is 1.71. The SMILES string of the molecule is S=c1[nH]nc(-c2ccccc2Br)o1. The van der Waals surface area contributed by atoms with E-state index < -0.39 is 0 Å². The summed E-state index contributed by atoms with van der Waals surface area (Å²) in [6.07, 6.45) is 0. The van der Waals surface area contributed by atoms with Gasteiger partial charge in [0.25, 0.3) is 4.84 Å². The van der Waals surface area contributed by atoms with Crippen molar-refractivity contribution in [3.8, 4) is 11.5 Å². The summed E-state index contributed by atoms with van der Waals surface area (Å²) in [5, 5.41) is 6.49. The van der Waals surface area contributed by atoms with E-state index in [4.69, 9.17) is 16.6 Å². The van der Waals surface area contributed by atoms with Crippen LogP contribution in [0.3, 0.4) is 0 Å². The van der Waals surface area contributed by atoms with Gasteiger partial charge in [-0.1, -0.05) is 12.1 Å². The van der Waals surface area contributed by atoms with Gasteiger partial charge in [0, 0.05) is 4.47 Å². The van der Waals surface area contributed by atoms with Gasteiger partial charge in [-0.15, -0.1) is 5.10 Å². The number of aromatic nitrogens is 2. The minimum Gasteiger partial charge on any atom is -0.409 e. The Morgan fingerprint density at radius 3 is 2.77 bits per heavy atom. The first kappa shape index (κ1) is 8.65. The van der Waals surface area contributed by atoms with Gasteiger partial charge >= 0.3 is 0 Å². The molecule has 2 rings (SSSR count). The monoisotopic (exact) mass is 256 g/mol. The molecule has 0 aliphatic heterocycles. The molecule has 1 heterocycles. The minimum absolute atomic E-state index is 0.283. The molecular formula is C8H5BrN2OS. The van der Waals surface area contributed by atoms with Gasteiger partial charge in [-0.25, -0.2) is 5.10 Å². The summed E-state index contributed by atoms with van der Waals surface area (Å²) in [5.74, 6) is 0.498.